The van der Waals surface area contributed by atoms with E-state index in [0.29, 0.717) is 21.2 Å². The molecule has 0 saturated heterocycles. The zero-order valence-electron chi connectivity index (χ0n) is 19.2. The van der Waals surface area contributed by atoms with Gasteiger partial charge < -0.3 is 15.2 Å². The molecule has 2 N–H and O–H groups in total. The molecule has 1 aliphatic rings. The van der Waals surface area contributed by atoms with Gasteiger partial charge in [0.05, 0.1) is 28.9 Å². The van der Waals surface area contributed by atoms with Gasteiger partial charge in [0.1, 0.15) is 28.5 Å². The Kier molecular flexibility index (Phi) is 7.88. The number of nitrogens with zero attached hydrogens (tertiary/aromatic N) is 3. The van der Waals surface area contributed by atoms with E-state index in [4.69, 9.17) is 26.8 Å². The summed E-state index contributed by atoms with van der Waals surface area (Å²) in [5, 5.41) is 20.3. The van der Waals surface area contributed by atoms with Crippen molar-refractivity contribution in [1.82, 2.24) is 4.98 Å². The first-order valence-corrected chi connectivity index (χ1v) is 11.8. The van der Waals surface area contributed by atoms with Gasteiger partial charge >= 0.3 is 5.97 Å². The van der Waals surface area contributed by atoms with Gasteiger partial charge in [-0.1, -0.05) is 41.6 Å². The number of allylic oxidation sites excluding steroid dienone is 1. The average Bonchev–Trinajstić information content (AvgIpc) is 2.76. The number of halogens is 1. The highest BCUT2D eigenvalue weighted by atomic mass is 35.5. The number of nitriles is 2. The Hall–Kier alpha value is -3.46. The quantitative estimate of drug-likeness (QED) is 0.438. The standard InChI is InChI=1S/C25H23ClN4O3S/c1-13(2)32-25(31)22-20(12-34-24-17(10-27)14(3)9-15(4)30-24)33-23(29)18(11-28)21(22)16-7-5-6-8-19(16)26/h5-9,13,21H,12,29H2,1-4H3. The minimum absolute atomic E-state index is 0.0693. The van der Waals surface area contributed by atoms with E-state index in [1.54, 1.807) is 38.1 Å². The number of rotatable bonds is 6. The van der Waals surface area contributed by atoms with Crippen molar-refractivity contribution in [1.29, 1.82) is 10.5 Å². The van der Waals surface area contributed by atoms with Crippen LogP contribution in [0.15, 0.2) is 58.1 Å². The van der Waals surface area contributed by atoms with Gasteiger partial charge in [0.25, 0.3) is 0 Å². The molecule has 1 unspecified atom stereocenters. The summed E-state index contributed by atoms with van der Waals surface area (Å²) in [4.78, 5) is 17.7. The molecule has 0 bridgehead atoms. The van der Waals surface area contributed by atoms with Crippen LogP contribution >= 0.6 is 23.4 Å². The first-order valence-electron chi connectivity index (χ1n) is 10.4. The van der Waals surface area contributed by atoms with Crippen molar-refractivity contribution >= 4 is 29.3 Å². The third kappa shape index (κ3) is 5.20. The lowest BCUT2D eigenvalue weighted by Gasteiger charge is -2.29. The third-order valence-electron chi connectivity index (χ3n) is 5.04. The Bertz CT molecular complexity index is 1290. The summed E-state index contributed by atoms with van der Waals surface area (Å²) in [5.41, 5.74) is 8.88. The van der Waals surface area contributed by atoms with E-state index in [1.165, 1.54) is 11.8 Å². The normalized spacial score (nSPS) is 15.6. The van der Waals surface area contributed by atoms with Gasteiger partial charge in [-0.15, -0.1) is 0 Å². The largest absolute Gasteiger partial charge is 0.459 e. The molecule has 1 aromatic carbocycles. The number of aromatic nitrogens is 1. The summed E-state index contributed by atoms with van der Waals surface area (Å²) in [7, 11) is 0. The van der Waals surface area contributed by atoms with Crippen LogP contribution < -0.4 is 5.73 Å². The fourth-order valence-corrected chi connectivity index (χ4v) is 4.91. The van der Waals surface area contributed by atoms with Crippen LogP contribution in [0.4, 0.5) is 0 Å². The second-order valence-corrected chi connectivity index (χ2v) is 9.27. The molecule has 7 nitrogen and oxygen atoms in total. The van der Waals surface area contributed by atoms with E-state index in [0.717, 1.165) is 11.3 Å². The maximum Gasteiger partial charge on any atom is 0.338 e. The van der Waals surface area contributed by atoms with Crippen LogP contribution in [0, 0.1) is 36.5 Å². The van der Waals surface area contributed by atoms with E-state index < -0.39 is 18.0 Å². The number of hydrogen-bond acceptors (Lipinski definition) is 8. The highest BCUT2D eigenvalue weighted by molar-refractivity contribution is 7.99. The van der Waals surface area contributed by atoms with Crippen molar-refractivity contribution in [2.75, 3.05) is 5.75 Å². The molecule has 1 aromatic heterocycles. The van der Waals surface area contributed by atoms with Crippen molar-refractivity contribution < 1.29 is 14.3 Å². The first-order chi connectivity index (χ1) is 16.2. The predicted molar refractivity (Wildman–Crippen MR) is 130 cm³/mol. The number of aryl methyl sites for hydroxylation is 2. The van der Waals surface area contributed by atoms with Gasteiger partial charge in [-0.2, -0.15) is 10.5 Å². The highest BCUT2D eigenvalue weighted by Gasteiger charge is 2.39. The van der Waals surface area contributed by atoms with Crippen molar-refractivity contribution in [2.45, 2.75) is 44.7 Å². The number of pyridine rings is 1. The minimum atomic E-state index is -0.864. The highest BCUT2D eigenvalue weighted by Crippen LogP contribution is 2.43. The number of ether oxygens (including phenoxy) is 2. The molecule has 1 aliphatic heterocycles. The van der Waals surface area contributed by atoms with Gasteiger partial charge in [0.15, 0.2) is 0 Å². The zero-order chi connectivity index (χ0) is 25.0. The second-order valence-electron chi connectivity index (χ2n) is 7.90. The molecule has 0 fully saturated rings. The van der Waals surface area contributed by atoms with E-state index in [1.807, 2.05) is 19.9 Å². The molecule has 2 aromatic rings. The number of benzene rings is 1. The number of thioether (sulfide) groups is 1. The number of carbonyl (C=O) groups excluding carboxylic acids is 1. The van der Waals surface area contributed by atoms with Crippen LogP contribution in [0.3, 0.4) is 0 Å². The van der Waals surface area contributed by atoms with Crippen LogP contribution in [0.25, 0.3) is 0 Å². The molecule has 34 heavy (non-hydrogen) atoms. The smallest absolute Gasteiger partial charge is 0.338 e. The molecule has 0 spiro atoms. The van der Waals surface area contributed by atoms with Gasteiger partial charge in [-0.3, -0.25) is 0 Å². The van der Waals surface area contributed by atoms with Crippen molar-refractivity contribution in [3.05, 3.63) is 80.5 Å². The Morgan fingerprint density at radius 2 is 2.00 bits per heavy atom. The predicted octanol–water partition coefficient (Wildman–Crippen LogP) is 5.03. The summed E-state index contributed by atoms with van der Waals surface area (Å²) < 4.78 is 11.3. The lowest BCUT2D eigenvalue weighted by Crippen LogP contribution is -2.28. The molecule has 1 atom stereocenters. The van der Waals surface area contributed by atoms with Crippen LogP contribution in [0.1, 0.15) is 42.1 Å². The fraction of sp³-hybridized carbons (Fsp3) is 0.280. The zero-order valence-corrected chi connectivity index (χ0v) is 20.8. The Balaban J connectivity index is 2.15. The summed E-state index contributed by atoms with van der Waals surface area (Å²) >= 11 is 7.70. The van der Waals surface area contributed by atoms with E-state index in [9.17, 15) is 15.3 Å². The fourth-order valence-electron chi connectivity index (χ4n) is 3.62. The Morgan fingerprint density at radius 3 is 2.62 bits per heavy atom. The molecule has 2 heterocycles. The van der Waals surface area contributed by atoms with Crippen molar-refractivity contribution in [3.63, 3.8) is 0 Å². The summed E-state index contributed by atoms with van der Waals surface area (Å²) in [6.07, 6.45) is -0.402. The number of esters is 1. The van der Waals surface area contributed by atoms with Crippen LogP contribution in [-0.2, 0) is 14.3 Å². The molecular weight excluding hydrogens is 472 g/mol. The molecule has 3 rings (SSSR count). The maximum atomic E-state index is 13.3. The average molecular weight is 495 g/mol. The van der Waals surface area contributed by atoms with Crippen molar-refractivity contribution in [2.24, 2.45) is 5.73 Å². The molecule has 9 heteroatoms. The molecule has 174 valence electrons. The Labute approximate surface area is 207 Å². The van der Waals surface area contributed by atoms with E-state index >= 15 is 0 Å². The van der Waals surface area contributed by atoms with Gasteiger partial charge in [-0.25, -0.2) is 9.78 Å². The van der Waals surface area contributed by atoms with Gasteiger partial charge in [0, 0.05) is 10.7 Å². The maximum absolute atomic E-state index is 13.3. The minimum Gasteiger partial charge on any atom is -0.459 e. The lowest BCUT2D eigenvalue weighted by molar-refractivity contribution is -0.143. The number of nitrogens with two attached hydrogens (primary N) is 1. The van der Waals surface area contributed by atoms with Crippen LogP contribution in [0.2, 0.25) is 5.02 Å². The van der Waals surface area contributed by atoms with Crippen LogP contribution in [0.5, 0.6) is 0 Å². The Morgan fingerprint density at radius 1 is 1.29 bits per heavy atom. The van der Waals surface area contributed by atoms with E-state index in [2.05, 4.69) is 17.1 Å². The molecule has 0 aliphatic carbocycles. The van der Waals surface area contributed by atoms with Gasteiger partial charge in [-0.05, 0) is 51.0 Å². The van der Waals surface area contributed by atoms with Crippen LogP contribution in [-0.4, -0.2) is 22.8 Å². The summed E-state index contributed by atoms with van der Waals surface area (Å²) in [6, 6.07) is 13.0. The first kappa shape index (κ1) is 25.2. The summed E-state index contributed by atoms with van der Waals surface area (Å²) in [5.74, 6) is -1.26. The van der Waals surface area contributed by atoms with Gasteiger partial charge in [0.2, 0.25) is 5.88 Å². The lowest BCUT2D eigenvalue weighted by atomic mass is 9.83. The van der Waals surface area contributed by atoms with Crippen molar-refractivity contribution in [3.8, 4) is 12.1 Å². The summed E-state index contributed by atoms with van der Waals surface area (Å²) in [6.45, 7) is 7.14. The van der Waals surface area contributed by atoms with E-state index in [-0.39, 0.29) is 28.5 Å². The number of hydrogen-bond donors (Lipinski definition) is 1. The topological polar surface area (TPSA) is 122 Å². The second kappa shape index (κ2) is 10.6. The number of carbonyl (C=O) groups is 1. The molecule has 0 radical (unpaired) electrons. The third-order valence-corrected chi connectivity index (χ3v) is 6.36. The molecule has 0 saturated carbocycles. The molecule has 0 amide bonds. The monoisotopic (exact) mass is 494 g/mol. The SMILES string of the molecule is Cc1cc(C)c(C#N)c(SCC2=C(C(=O)OC(C)C)C(c3ccccc3Cl)C(C#N)=C(N)O2)n1. The molecular formula is C25H23ClN4O3S.